The van der Waals surface area contributed by atoms with E-state index in [0.29, 0.717) is 33.0 Å². The van der Waals surface area contributed by atoms with Gasteiger partial charge < -0.3 is 5.32 Å². The molecule has 0 unspecified atom stereocenters. The van der Waals surface area contributed by atoms with Crippen molar-refractivity contribution in [1.82, 2.24) is 19.5 Å². The number of aromatic nitrogens is 3. The topological polar surface area (TPSA) is 68.4 Å². The first-order valence-electron chi connectivity index (χ1n) is 10.6. The number of carbonyl (C=O) groups excluding carboxylic acids is 1. The highest BCUT2D eigenvalue weighted by Crippen LogP contribution is 2.26. The SMILES string of the molecule is Cc1nn2ccccc2c1C(=O)N[C@@H](C)c1cc2cccc(Cl)c2c(=O)n1-c1ccccc1. The zero-order chi connectivity index (χ0) is 23.1. The molecule has 0 aliphatic carbocycles. The van der Waals surface area contributed by atoms with Crippen LogP contribution in [0.1, 0.15) is 34.7 Å². The van der Waals surface area contributed by atoms with Gasteiger partial charge in [0.05, 0.1) is 33.2 Å². The molecular weight excluding hydrogens is 436 g/mol. The predicted octanol–water partition coefficient (Wildman–Crippen LogP) is 5.09. The van der Waals surface area contributed by atoms with Gasteiger partial charge in [-0.3, -0.25) is 14.2 Å². The van der Waals surface area contributed by atoms with Gasteiger partial charge in [-0.1, -0.05) is 48.0 Å². The molecule has 7 heteroatoms. The lowest BCUT2D eigenvalue weighted by Crippen LogP contribution is -2.32. The monoisotopic (exact) mass is 456 g/mol. The lowest BCUT2D eigenvalue weighted by Gasteiger charge is -2.21. The van der Waals surface area contributed by atoms with E-state index < -0.39 is 6.04 Å². The minimum Gasteiger partial charge on any atom is -0.344 e. The van der Waals surface area contributed by atoms with E-state index in [1.54, 1.807) is 15.1 Å². The van der Waals surface area contributed by atoms with Crippen LogP contribution in [0.15, 0.2) is 83.8 Å². The number of carbonyl (C=O) groups is 1. The van der Waals surface area contributed by atoms with E-state index in [1.807, 2.05) is 86.8 Å². The Morgan fingerprint density at radius 2 is 1.79 bits per heavy atom. The van der Waals surface area contributed by atoms with Crippen molar-refractivity contribution in [2.45, 2.75) is 19.9 Å². The molecule has 1 atom stereocenters. The molecular formula is C26H21ClN4O2. The van der Waals surface area contributed by atoms with Crippen molar-refractivity contribution >= 4 is 33.8 Å². The second-order valence-corrected chi connectivity index (χ2v) is 8.34. The molecule has 0 fully saturated rings. The number of pyridine rings is 2. The normalized spacial score (nSPS) is 12.2. The molecule has 3 aromatic heterocycles. The maximum Gasteiger partial charge on any atom is 0.264 e. The van der Waals surface area contributed by atoms with Crippen LogP contribution in [-0.2, 0) is 0 Å². The smallest absolute Gasteiger partial charge is 0.264 e. The van der Waals surface area contributed by atoms with Crippen molar-refractivity contribution in [1.29, 1.82) is 0 Å². The molecule has 5 rings (SSSR count). The second-order valence-electron chi connectivity index (χ2n) is 7.94. The van der Waals surface area contributed by atoms with Gasteiger partial charge >= 0.3 is 0 Å². The Kier molecular flexibility index (Phi) is 5.23. The number of amides is 1. The van der Waals surface area contributed by atoms with Crippen molar-refractivity contribution in [3.05, 3.63) is 111 Å². The minimum absolute atomic E-state index is 0.229. The number of benzene rings is 2. The van der Waals surface area contributed by atoms with E-state index in [1.165, 1.54) is 0 Å². The Hall–Kier alpha value is -3.90. The van der Waals surface area contributed by atoms with E-state index in [4.69, 9.17) is 11.6 Å². The Balaban J connectivity index is 1.64. The summed E-state index contributed by atoms with van der Waals surface area (Å²) in [6, 6.07) is 21.8. The summed E-state index contributed by atoms with van der Waals surface area (Å²) in [6.45, 7) is 3.67. The summed E-state index contributed by atoms with van der Waals surface area (Å²) in [5.74, 6) is -0.251. The van der Waals surface area contributed by atoms with Gasteiger partial charge in [-0.25, -0.2) is 4.52 Å². The van der Waals surface area contributed by atoms with Crippen LogP contribution in [0.5, 0.6) is 0 Å². The van der Waals surface area contributed by atoms with Crippen LogP contribution >= 0.6 is 11.6 Å². The Labute approximate surface area is 195 Å². The minimum atomic E-state index is -0.466. The van der Waals surface area contributed by atoms with Crippen LogP contribution < -0.4 is 10.9 Å². The highest BCUT2D eigenvalue weighted by atomic mass is 35.5. The zero-order valence-electron chi connectivity index (χ0n) is 18.1. The molecule has 0 saturated carbocycles. The molecule has 3 heterocycles. The van der Waals surface area contributed by atoms with Crippen LogP contribution in [0.2, 0.25) is 5.02 Å². The number of fused-ring (bicyclic) bond motifs is 2. The summed E-state index contributed by atoms with van der Waals surface area (Å²) in [5, 5.41) is 9.06. The third-order valence-corrected chi connectivity index (χ3v) is 6.09. The van der Waals surface area contributed by atoms with E-state index in [2.05, 4.69) is 10.4 Å². The van der Waals surface area contributed by atoms with Crippen LogP contribution in [-0.4, -0.2) is 20.1 Å². The van der Waals surface area contributed by atoms with Gasteiger partial charge in [0.15, 0.2) is 0 Å². The first-order chi connectivity index (χ1) is 16.0. The Morgan fingerprint density at radius 1 is 1.03 bits per heavy atom. The third-order valence-electron chi connectivity index (χ3n) is 5.77. The maximum atomic E-state index is 13.6. The van der Waals surface area contributed by atoms with Crippen molar-refractivity contribution in [2.75, 3.05) is 0 Å². The zero-order valence-corrected chi connectivity index (χ0v) is 18.9. The van der Waals surface area contributed by atoms with E-state index >= 15 is 0 Å². The largest absolute Gasteiger partial charge is 0.344 e. The summed E-state index contributed by atoms with van der Waals surface area (Å²) in [4.78, 5) is 26.9. The fourth-order valence-electron chi connectivity index (χ4n) is 4.24. The molecule has 2 aromatic carbocycles. The molecule has 0 aliphatic heterocycles. The Bertz CT molecular complexity index is 1570. The molecule has 0 radical (unpaired) electrons. The first kappa shape index (κ1) is 21.0. The lowest BCUT2D eigenvalue weighted by atomic mass is 10.1. The molecule has 1 amide bonds. The van der Waals surface area contributed by atoms with Crippen molar-refractivity contribution in [2.24, 2.45) is 0 Å². The van der Waals surface area contributed by atoms with E-state index in [0.717, 1.165) is 10.9 Å². The number of nitrogens with one attached hydrogen (secondary N) is 1. The van der Waals surface area contributed by atoms with Gasteiger partial charge in [0.1, 0.15) is 0 Å². The summed E-state index contributed by atoms with van der Waals surface area (Å²) in [6.07, 6.45) is 1.81. The lowest BCUT2D eigenvalue weighted by molar-refractivity contribution is 0.0939. The quantitative estimate of drug-likeness (QED) is 0.409. The second kappa shape index (κ2) is 8.22. The first-order valence-corrected chi connectivity index (χ1v) is 11.0. The molecule has 6 nitrogen and oxygen atoms in total. The number of nitrogens with zero attached hydrogens (tertiary/aromatic N) is 3. The van der Waals surface area contributed by atoms with Gasteiger partial charge in [-0.15, -0.1) is 0 Å². The molecule has 33 heavy (non-hydrogen) atoms. The van der Waals surface area contributed by atoms with E-state index in [9.17, 15) is 9.59 Å². The average Bonchev–Trinajstić information content (AvgIpc) is 3.15. The molecule has 164 valence electrons. The summed E-state index contributed by atoms with van der Waals surface area (Å²) in [7, 11) is 0. The fraction of sp³-hybridized carbons (Fsp3) is 0.115. The summed E-state index contributed by atoms with van der Waals surface area (Å²) in [5.41, 5.74) is 3.01. The number of aryl methyl sites for hydroxylation is 1. The van der Waals surface area contributed by atoms with Crippen molar-refractivity contribution in [3.8, 4) is 5.69 Å². The van der Waals surface area contributed by atoms with Crippen LogP contribution in [0.25, 0.3) is 22.0 Å². The van der Waals surface area contributed by atoms with Gasteiger partial charge in [-0.2, -0.15) is 5.10 Å². The Morgan fingerprint density at radius 3 is 2.58 bits per heavy atom. The standard InChI is InChI=1S/C26H21ClN4O2/c1-16(28-25(32)23-17(2)29-30-14-7-6-13-21(23)30)22-15-18-9-8-12-20(27)24(18)26(33)31(22)19-10-4-3-5-11-19/h3-16H,1-2H3,(H,28,32)/t16-/m0/s1. The van der Waals surface area contributed by atoms with Crippen LogP contribution in [0.3, 0.4) is 0 Å². The van der Waals surface area contributed by atoms with E-state index in [-0.39, 0.29) is 11.5 Å². The highest BCUT2D eigenvalue weighted by Gasteiger charge is 2.22. The molecule has 1 N–H and O–H groups in total. The van der Waals surface area contributed by atoms with Gasteiger partial charge in [0.25, 0.3) is 11.5 Å². The average molecular weight is 457 g/mol. The molecule has 0 aliphatic rings. The summed E-state index contributed by atoms with van der Waals surface area (Å²) >= 11 is 6.39. The van der Waals surface area contributed by atoms with Crippen LogP contribution in [0.4, 0.5) is 0 Å². The maximum absolute atomic E-state index is 13.6. The number of rotatable bonds is 4. The third kappa shape index (κ3) is 3.58. The fourth-order valence-corrected chi connectivity index (χ4v) is 4.50. The molecule has 5 aromatic rings. The molecule has 0 spiro atoms. The number of para-hydroxylation sites is 1. The molecule has 0 saturated heterocycles. The van der Waals surface area contributed by atoms with Crippen molar-refractivity contribution in [3.63, 3.8) is 0 Å². The number of halogens is 1. The van der Waals surface area contributed by atoms with Gasteiger partial charge in [-0.05, 0) is 55.6 Å². The molecule has 0 bridgehead atoms. The highest BCUT2D eigenvalue weighted by molar-refractivity contribution is 6.35. The van der Waals surface area contributed by atoms with Crippen LogP contribution in [0, 0.1) is 6.92 Å². The van der Waals surface area contributed by atoms with Gasteiger partial charge in [0, 0.05) is 17.6 Å². The van der Waals surface area contributed by atoms with Crippen molar-refractivity contribution < 1.29 is 4.79 Å². The number of hydrogen-bond acceptors (Lipinski definition) is 3. The number of hydrogen-bond donors (Lipinski definition) is 1. The summed E-state index contributed by atoms with van der Waals surface area (Å²) < 4.78 is 3.30. The van der Waals surface area contributed by atoms with Gasteiger partial charge in [0.2, 0.25) is 0 Å². The predicted molar refractivity (Wildman–Crippen MR) is 130 cm³/mol.